The molecule has 23 heavy (non-hydrogen) atoms. The number of nitrogen functional groups attached to an aromatic ring is 1. The van der Waals surface area contributed by atoms with Crippen molar-refractivity contribution in [2.24, 2.45) is 11.1 Å². The largest absolute Gasteiger partial charge is 0.397 e. The minimum Gasteiger partial charge on any atom is -0.397 e. The third-order valence-electron chi connectivity index (χ3n) is 4.57. The summed E-state index contributed by atoms with van der Waals surface area (Å²) in [6.45, 7) is 7.57. The highest BCUT2D eigenvalue weighted by Crippen LogP contribution is 2.45. The zero-order valence-corrected chi connectivity index (χ0v) is 14.8. The fraction of sp³-hybridized carbons (Fsp3) is 0.529. The van der Waals surface area contributed by atoms with Crippen molar-refractivity contribution in [1.82, 2.24) is 4.98 Å². The SMILES string of the molecule is CCCNc1nc2sc(C(N)=O)c(N)c2c2c1CCC(C)(C)C2. The molecule has 0 bridgehead atoms. The maximum Gasteiger partial charge on any atom is 0.260 e. The van der Waals surface area contributed by atoms with E-state index in [1.165, 1.54) is 22.5 Å². The number of thiophene rings is 1. The van der Waals surface area contributed by atoms with Gasteiger partial charge < -0.3 is 16.8 Å². The van der Waals surface area contributed by atoms with Crippen LogP contribution in [0, 0.1) is 5.41 Å². The Morgan fingerprint density at radius 3 is 2.78 bits per heavy atom. The van der Waals surface area contributed by atoms with E-state index >= 15 is 0 Å². The average Bonchev–Trinajstić information content (AvgIpc) is 2.81. The third-order valence-corrected chi connectivity index (χ3v) is 5.68. The summed E-state index contributed by atoms with van der Waals surface area (Å²) >= 11 is 1.30. The van der Waals surface area contributed by atoms with E-state index in [1.807, 2.05) is 0 Å². The molecule has 0 aromatic carbocycles. The molecule has 124 valence electrons. The summed E-state index contributed by atoms with van der Waals surface area (Å²) in [5, 5.41) is 4.38. The number of fused-ring (bicyclic) bond motifs is 3. The monoisotopic (exact) mass is 332 g/mol. The Morgan fingerprint density at radius 2 is 2.13 bits per heavy atom. The van der Waals surface area contributed by atoms with Crippen LogP contribution in [-0.2, 0) is 12.8 Å². The molecule has 0 atom stereocenters. The van der Waals surface area contributed by atoms with Gasteiger partial charge in [-0.2, -0.15) is 0 Å². The van der Waals surface area contributed by atoms with Crippen molar-refractivity contribution in [2.75, 3.05) is 17.6 Å². The number of anilines is 2. The Bertz CT molecular complexity index is 779. The van der Waals surface area contributed by atoms with Gasteiger partial charge in [-0.1, -0.05) is 20.8 Å². The van der Waals surface area contributed by atoms with E-state index in [-0.39, 0.29) is 5.41 Å². The Hall–Kier alpha value is -1.82. The van der Waals surface area contributed by atoms with Crippen LogP contribution in [0.1, 0.15) is 54.4 Å². The summed E-state index contributed by atoms with van der Waals surface area (Å²) in [5.74, 6) is 0.472. The summed E-state index contributed by atoms with van der Waals surface area (Å²) in [6, 6.07) is 0. The van der Waals surface area contributed by atoms with Gasteiger partial charge in [-0.15, -0.1) is 11.3 Å². The topological polar surface area (TPSA) is 94.0 Å². The summed E-state index contributed by atoms with van der Waals surface area (Å²) in [5.41, 5.74) is 15.0. The second-order valence-electron chi connectivity index (χ2n) is 7.07. The molecule has 5 nitrogen and oxygen atoms in total. The highest BCUT2D eigenvalue weighted by molar-refractivity contribution is 7.21. The summed E-state index contributed by atoms with van der Waals surface area (Å²) in [7, 11) is 0. The molecule has 6 heteroatoms. The van der Waals surface area contributed by atoms with Gasteiger partial charge in [0.15, 0.2) is 0 Å². The van der Waals surface area contributed by atoms with Crippen LogP contribution < -0.4 is 16.8 Å². The number of hydrogen-bond donors (Lipinski definition) is 3. The van der Waals surface area contributed by atoms with Crippen LogP contribution in [0.15, 0.2) is 0 Å². The zero-order valence-electron chi connectivity index (χ0n) is 14.0. The molecule has 0 unspecified atom stereocenters. The standard InChI is InChI=1S/C17H24N4OS/c1-4-7-20-15-9-5-6-17(2,3)8-10(9)11-12(18)13(14(19)22)23-16(11)21-15/h4-8,18H2,1-3H3,(H2,19,22)(H,20,21). The molecule has 2 heterocycles. The number of nitrogens with two attached hydrogens (primary N) is 2. The van der Waals surface area contributed by atoms with E-state index in [4.69, 9.17) is 16.5 Å². The lowest BCUT2D eigenvalue weighted by atomic mass is 9.73. The predicted molar refractivity (Wildman–Crippen MR) is 97.1 cm³/mol. The summed E-state index contributed by atoms with van der Waals surface area (Å²) in [4.78, 5) is 17.6. The number of aromatic nitrogens is 1. The number of nitrogens with zero attached hydrogens (tertiary/aromatic N) is 1. The van der Waals surface area contributed by atoms with E-state index in [2.05, 4.69) is 26.1 Å². The lowest BCUT2D eigenvalue weighted by molar-refractivity contribution is 0.100. The Kier molecular flexibility index (Phi) is 3.96. The minimum absolute atomic E-state index is 0.227. The fourth-order valence-corrected chi connectivity index (χ4v) is 4.31. The van der Waals surface area contributed by atoms with Gasteiger partial charge in [0.05, 0.1) is 5.69 Å². The maximum absolute atomic E-state index is 11.7. The van der Waals surface area contributed by atoms with Gasteiger partial charge in [-0.05, 0) is 42.2 Å². The average molecular weight is 332 g/mol. The molecule has 1 aliphatic rings. The van der Waals surface area contributed by atoms with Gasteiger partial charge in [0.1, 0.15) is 15.5 Å². The van der Waals surface area contributed by atoms with Crippen molar-refractivity contribution in [1.29, 1.82) is 0 Å². The van der Waals surface area contributed by atoms with E-state index in [0.29, 0.717) is 10.6 Å². The minimum atomic E-state index is -0.475. The molecule has 0 fully saturated rings. The molecular weight excluding hydrogens is 308 g/mol. The molecule has 1 amide bonds. The number of rotatable bonds is 4. The first-order valence-electron chi connectivity index (χ1n) is 8.11. The molecule has 0 radical (unpaired) electrons. The molecular formula is C17H24N4OS. The lowest BCUT2D eigenvalue weighted by Crippen LogP contribution is -2.24. The first kappa shape index (κ1) is 16.1. The molecule has 3 rings (SSSR count). The fourth-order valence-electron chi connectivity index (χ4n) is 3.33. The normalized spacial score (nSPS) is 16.3. The van der Waals surface area contributed by atoms with Gasteiger partial charge >= 0.3 is 0 Å². The van der Waals surface area contributed by atoms with Crippen molar-refractivity contribution < 1.29 is 4.79 Å². The molecule has 0 saturated heterocycles. The number of primary amides is 1. The van der Waals surface area contributed by atoms with Crippen LogP contribution in [0.5, 0.6) is 0 Å². The van der Waals surface area contributed by atoms with E-state index in [1.54, 1.807) is 0 Å². The molecule has 1 aliphatic carbocycles. The molecule has 5 N–H and O–H groups in total. The first-order chi connectivity index (χ1) is 10.8. The van der Waals surface area contributed by atoms with Crippen LogP contribution >= 0.6 is 11.3 Å². The van der Waals surface area contributed by atoms with E-state index in [0.717, 1.165) is 48.3 Å². The van der Waals surface area contributed by atoms with Crippen LogP contribution in [0.3, 0.4) is 0 Å². The van der Waals surface area contributed by atoms with Crippen LogP contribution in [0.4, 0.5) is 11.5 Å². The van der Waals surface area contributed by atoms with Crippen molar-refractivity contribution in [3.05, 3.63) is 16.0 Å². The number of hydrogen-bond acceptors (Lipinski definition) is 5. The number of pyridine rings is 1. The van der Waals surface area contributed by atoms with Crippen LogP contribution in [0.25, 0.3) is 10.2 Å². The van der Waals surface area contributed by atoms with Gasteiger partial charge in [0, 0.05) is 11.9 Å². The maximum atomic E-state index is 11.7. The van der Waals surface area contributed by atoms with Gasteiger partial charge in [-0.25, -0.2) is 4.98 Å². The zero-order chi connectivity index (χ0) is 16.8. The van der Waals surface area contributed by atoms with Crippen LogP contribution in [-0.4, -0.2) is 17.4 Å². The van der Waals surface area contributed by atoms with Crippen molar-refractivity contribution >= 4 is 39.0 Å². The second-order valence-corrected chi connectivity index (χ2v) is 8.07. The lowest BCUT2D eigenvalue weighted by Gasteiger charge is -2.32. The van der Waals surface area contributed by atoms with Crippen molar-refractivity contribution in [3.63, 3.8) is 0 Å². The highest BCUT2D eigenvalue weighted by Gasteiger charge is 2.31. The van der Waals surface area contributed by atoms with Gasteiger partial charge in [0.2, 0.25) is 0 Å². The number of amides is 1. The molecule has 2 aromatic rings. The smallest absolute Gasteiger partial charge is 0.260 e. The Morgan fingerprint density at radius 1 is 1.39 bits per heavy atom. The first-order valence-corrected chi connectivity index (χ1v) is 8.93. The molecule has 0 saturated carbocycles. The number of nitrogens with one attached hydrogen (secondary N) is 1. The quantitative estimate of drug-likeness (QED) is 0.800. The number of carbonyl (C=O) groups excluding carboxylic acids is 1. The molecule has 0 spiro atoms. The summed E-state index contributed by atoms with van der Waals surface area (Å²) < 4.78 is 0. The van der Waals surface area contributed by atoms with E-state index < -0.39 is 5.91 Å². The highest BCUT2D eigenvalue weighted by atomic mass is 32.1. The van der Waals surface area contributed by atoms with Crippen molar-refractivity contribution in [2.45, 2.75) is 46.5 Å². The van der Waals surface area contributed by atoms with Gasteiger partial charge in [0.25, 0.3) is 5.91 Å². The predicted octanol–water partition coefficient (Wildman–Crippen LogP) is 3.31. The van der Waals surface area contributed by atoms with Crippen LogP contribution in [0.2, 0.25) is 0 Å². The second kappa shape index (κ2) is 5.67. The Labute approximate surface area is 140 Å². The molecule has 0 aliphatic heterocycles. The number of carbonyl (C=O) groups is 1. The molecule has 2 aromatic heterocycles. The van der Waals surface area contributed by atoms with Gasteiger partial charge in [-0.3, -0.25) is 4.79 Å². The van der Waals surface area contributed by atoms with Crippen molar-refractivity contribution in [3.8, 4) is 0 Å². The van der Waals surface area contributed by atoms with E-state index in [9.17, 15) is 4.79 Å². The summed E-state index contributed by atoms with van der Waals surface area (Å²) in [6.07, 6.45) is 4.10. The Balaban J connectivity index is 2.26. The third kappa shape index (κ3) is 2.76.